The van der Waals surface area contributed by atoms with Crippen molar-refractivity contribution in [3.05, 3.63) is 86.5 Å². The van der Waals surface area contributed by atoms with Gasteiger partial charge in [0.25, 0.3) is 11.1 Å². The largest absolute Gasteiger partial charge is 0.455 e. The lowest BCUT2D eigenvalue weighted by Gasteiger charge is -2.17. The third-order valence-electron chi connectivity index (χ3n) is 6.59. The maximum Gasteiger partial charge on any atom is 0.274 e. The quantitative estimate of drug-likeness (QED) is 0.424. The first-order valence-electron chi connectivity index (χ1n) is 11.3. The second kappa shape index (κ2) is 8.16. The van der Waals surface area contributed by atoms with Crippen LogP contribution in [-0.2, 0) is 21.1 Å². The molecular weight excluding hydrogens is 442 g/mol. The number of aryl methyl sites for hydroxylation is 5. The third kappa shape index (κ3) is 3.67. The van der Waals surface area contributed by atoms with Crippen LogP contribution >= 0.6 is 0 Å². The molecule has 0 aliphatic heterocycles. The van der Waals surface area contributed by atoms with Gasteiger partial charge in [0.1, 0.15) is 11.3 Å². The number of aromatic nitrogens is 5. The molecule has 178 valence electrons. The molecule has 5 aromatic rings. The third-order valence-corrected chi connectivity index (χ3v) is 6.59. The predicted molar refractivity (Wildman–Crippen MR) is 137 cm³/mol. The molecule has 0 aliphatic rings. The van der Waals surface area contributed by atoms with E-state index in [0.717, 1.165) is 39.4 Å². The Labute approximate surface area is 202 Å². The fourth-order valence-corrected chi connectivity index (χ4v) is 4.42. The summed E-state index contributed by atoms with van der Waals surface area (Å²) < 4.78 is 11.2. The summed E-state index contributed by atoms with van der Waals surface area (Å²) in [5.74, 6) is 1.28. The molecule has 0 aliphatic carbocycles. The standard InChI is InChI=1S/C27H27N5O3/c1-15-8-7-9-16(2)26(15)35-23-14-30(4)24(33)11-18(23)21-13-31(5)27(34)25-19(21)10-22(29-25)20-12-28-32(6)17(20)3/h7-14,29H,1-6H3. The number of benzene rings is 1. The van der Waals surface area contributed by atoms with Gasteiger partial charge < -0.3 is 18.9 Å². The van der Waals surface area contributed by atoms with E-state index in [1.165, 1.54) is 9.13 Å². The van der Waals surface area contributed by atoms with Crippen molar-refractivity contribution in [1.29, 1.82) is 0 Å². The summed E-state index contributed by atoms with van der Waals surface area (Å²) in [5, 5.41) is 5.05. The molecule has 0 radical (unpaired) electrons. The van der Waals surface area contributed by atoms with E-state index in [9.17, 15) is 9.59 Å². The summed E-state index contributed by atoms with van der Waals surface area (Å²) in [6.45, 7) is 5.95. The Balaban J connectivity index is 1.78. The Kier molecular flexibility index (Phi) is 5.24. The first kappa shape index (κ1) is 22.5. The fraction of sp³-hybridized carbons (Fsp3) is 0.222. The molecule has 4 heterocycles. The molecule has 1 N–H and O–H groups in total. The molecular formula is C27H27N5O3. The predicted octanol–water partition coefficient (Wildman–Crippen LogP) is 4.35. The molecule has 0 bridgehead atoms. The number of aromatic amines is 1. The first-order chi connectivity index (χ1) is 16.7. The van der Waals surface area contributed by atoms with Crippen molar-refractivity contribution in [1.82, 2.24) is 23.9 Å². The molecule has 5 rings (SSSR count). The van der Waals surface area contributed by atoms with Crippen molar-refractivity contribution in [2.24, 2.45) is 21.1 Å². The van der Waals surface area contributed by atoms with Gasteiger partial charge in [0, 0.05) is 61.2 Å². The van der Waals surface area contributed by atoms with E-state index in [4.69, 9.17) is 4.74 Å². The highest BCUT2D eigenvalue weighted by Crippen LogP contribution is 2.38. The summed E-state index contributed by atoms with van der Waals surface area (Å²) in [4.78, 5) is 29.1. The highest BCUT2D eigenvalue weighted by Gasteiger charge is 2.20. The van der Waals surface area contributed by atoms with Crippen molar-refractivity contribution in [2.75, 3.05) is 0 Å². The van der Waals surface area contributed by atoms with E-state index < -0.39 is 0 Å². The summed E-state index contributed by atoms with van der Waals surface area (Å²) >= 11 is 0. The van der Waals surface area contributed by atoms with Gasteiger partial charge in [0.05, 0.1) is 18.1 Å². The molecule has 1 aromatic carbocycles. The number of hydrogen-bond acceptors (Lipinski definition) is 4. The lowest BCUT2D eigenvalue weighted by atomic mass is 10.0. The van der Waals surface area contributed by atoms with Crippen LogP contribution in [0.3, 0.4) is 0 Å². The number of rotatable bonds is 4. The van der Waals surface area contributed by atoms with Crippen molar-refractivity contribution < 1.29 is 4.74 Å². The number of ether oxygens (including phenoxy) is 1. The van der Waals surface area contributed by atoms with Crippen LogP contribution in [0.2, 0.25) is 0 Å². The average molecular weight is 470 g/mol. The van der Waals surface area contributed by atoms with E-state index >= 15 is 0 Å². The zero-order valence-electron chi connectivity index (χ0n) is 20.6. The number of para-hydroxylation sites is 1. The second-order valence-corrected chi connectivity index (χ2v) is 9.02. The number of pyridine rings is 2. The highest BCUT2D eigenvalue weighted by atomic mass is 16.5. The van der Waals surface area contributed by atoms with Gasteiger partial charge in [-0.1, -0.05) is 18.2 Å². The van der Waals surface area contributed by atoms with Crippen LogP contribution < -0.4 is 15.9 Å². The highest BCUT2D eigenvalue weighted by molar-refractivity contribution is 5.98. The molecule has 4 aromatic heterocycles. The topological polar surface area (TPSA) is 86.8 Å². The Morgan fingerprint density at radius 2 is 1.60 bits per heavy atom. The van der Waals surface area contributed by atoms with Gasteiger partial charge >= 0.3 is 0 Å². The minimum atomic E-state index is -0.172. The van der Waals surface area contributed by atoms with Crippen LogP contribution in [0.1, 0.15) is 16.8 Å². The Morgan fingerprint density at radius 1 is 0.886 bits per heavy atom. The molecule has 0 amide bonds. The second-order valence-electron chi connectivity index (χ2n) is 9.02. The molecule has 0 spiro atoms. The van der Waals surface area contributed by atoms with Crippen LogP contribution in [0.25, 0.3) is 33.3 Å². The van der Waals surface area contributed by atoms with E-state index in [1.807, 2.05) is 52.1 Å². The minimum Gasteiger partial charge on any atom is -0.455 e. The monoisotopic (exact) mass is 469 g/mol. The lowest BCUT2D eigenvalue weighted by Crippen LogP contribution is -2.18. The molecule has 0 fully saturated rings. The number of H-pyrrole nitrogens is 1. The number of fused-ring (bicyclic) bond motifs is 1. The molecule has 8 heteroatoms. The smallest absolute Gasteiger partial charge is 0.274 e. The van der Waals surface area contributed by atoms with E-state index in [2.05, 4.69) is 10.1 Å². The van der Waals surface area contributed by atoms with Crippen molar-refractivity contribution in [2.45, 2.75) is 20.8 Å². The van der Waals surface area contributed by atoms with Crippen molar-refractivity contribution >= 4 is 10.9 Å². The Bertz CT molecular complexity index is 1710. The summed E-state index contributed by atoms with van der Waals surface area (Å²) in [5.41, 5.74) is 6.13. The maximum atomic E-state index is 13.0. The van der Waals surface area contributed by atoms with Gasteiger partial charge in [-0.05, 0) is 38.0 Å². The summed E-state index contributed by atoms with van der Waals surface area (Å²) in [6, 6.07) is 9.46. The number of nitrogens with zero attached hydrogens (tertiary/aromatic N) is 4. The molecule has 0 saturated heterocycles. The molecule has 8 nitrogen and oxygen atoms in total. The zero-order chi connectivity index (χ0) is 25.0. The van der Waals surface area contributed by atoms with Gasteiger partial charge in [-0.25, -0.2) is 0 Å². The van der Waals surface area contributed by atoms with Gasteiger partial charge in [0.2, 0.25) is 0 Å². The minimum absolute atomic E-state index is 0.155. The maximum absolute atomic E-state index is 13.0. The normalized spacial score (nSPS) is 11.4. The van der Waals surface area contributed by atoms with Gasteiger partial charge in [-0.15, -0.1) is 0 Å². The fourth-order valence-electron chi connectivity index (χ4n) is 4.42. The average Bonchev–Trinajstić information content (AvgIpc) is 3.40. The zero-order valence-corrected chi connectivity index (χ0v) is 20.6. The molecule has 0 atom stereocenters. The van der Waals surface area contributed by atoms with Gasteiger partial charge in [-0.3, -0.25) is 14.3 Å². The Hall–Kier alpha value is -4.33. The molecule has 0 unspecified atom stereocenters. The summed E-state index contributed by atoms with van der Waals surface area (Å²) in [6.07, 6.45) is 5.22. The summed E-state index contributed by atoms with van der Waals surface area (Å²) in [7, 11) is 5.27. The number of hydrogen-bond donors (Lipinski definition) is 1. The molecule has 0 saturated carbocycles. The Morgan fingerprint density at radius 3 is 2.26 bits per heavy atom. The SMILES string of the molecule is Cc1cccc(C)c1Oc1cn(C)c(=O)cc1-c1cn(C)c(=O)c2[nH]c(-c3cnn(C)c3C)cc12. The lowest BCUT2D eigenvalue weighted by molar-refractivity contribution is 0.470. The van der Waals surface area contributed by atoms with E-state index in [0.29, 0.717) is 22.2 Å². The van der Waals surface area contributed by atoms with E-state index in [1.54, 1.807) is 43.4 Å². The van der Waals surface area contributed by atoms with Crippen molar-refractivity contribution in [3.63, 3.8) is 0 Å². The van der Waals surface area contributed by atoms with Gasteiger partial charge in [-0.2, -0.15) is 5.10 Å². The number of nitrogens with one attached hydrogen (secondary N) is 1. The van der Waals surface area contributed by atoms with Crippen LogP contribution in [0, 0.1) is 20.8 Å². The van der Waals surface area contributed by atoms with Crippen LogP contribution in [-0.4, -0.2) is 23.9 Å². The van der Waals surface area contributed by atoms with Crippen LogP contribution in [0.5, 0.6) is 11.5 Å². The van der Waals surface area contributed by atoms with Crippen molar-refractivity contribution in [3.8, 4) is 33.9 Å². The van der Waals surface area contributed by atoms with Gasteiger partial charge in [0.15, 0.2) is 5.75 Å². The first-order valence-corrected chi connectivity index (χ1v) is 11.3. The molecule has 35 heavy (non-hydrogen) atoms. The van der Waals surface area contributed by atoms with Crippen LogP contribution in [0.4, 0.5) is 0 Å². The van der Waals surface area contributed by atoms with Crippen LogP contribution in [0.15, 0.2) is 58.5 Å². The van der Waals surface area contributed by atoms with E-state index in [-0.39, 0.29) is 11.1 Å².